The summed E-state index contributed by atoms with van der Waals surface area (Å²) in [6.45, 7) is 0.158. The largest absolute Gasteiger partial charge is 0.332 e. The molecule has 0 aliphatic carbocycles. The van der Waals surface area contributed by atoms with Crippen molar-refractivity contribution in [3.05, 3.63) is 73.5 Å². The number of nitrogens with zero attached hydrogens (tertiary/aromatic N) is 5. The molecule has 2 aromatic rings. The molecule has 27 heavy (non-hydrogen) atoms. The third-order valence-corrected chi connectivity index (χ3v) is 4.66. The Morgan fingerprint density at radius 2 is 1.89 bits per heavy atom. The smallest absolute Gasteiger partial charge is 0.324 e. The second-order valence-corrected chi connectivity index (χ2v) is 6.50. The van der Waals surface area contributed by atoms with E-state index in [1.165, 1.54) is 33.6 Å². The Hall–Kier alpha value is -3.31. The molecule has 0 N–H and O–H groups in total. The first-order valence-electron chi connectivity index (χ1n) is 8.02. The zero-order valence-corrected chi connectivity index (χ0v) is 15.5. The molecule has 8 nitrogen and oxygen atoms in total. The number of rotatable bonds is 3. The van der Waals surface area contributed by atoms with E-state index >= 15 is 0 Å². The second kappa shape index (κ2) is 7.13. The van der Waals surface area contributed by atoms with Gasteiger partial charge in [0.05, 0.1) is 24.8 Å². The highest BCUT2D eigenvalue weighted by Gasteiger charge is 2.25. The zero-order chi connectivity index (χ0) is 19.7. The topological polar surface area (TPSA) is 91.3 Å². The normalized spacial score (nSPS) is 14.1. The molecule has 0 unspecified atom stereocenters. The number of aromatic nitrogens is 2. The summed E-state index contributed by atoms with van der Waals surface area (Å²) in [6.07, 6.45) is 1.22. The molecule has 0 spiro atoms. The Morgan fingerprint density at radius 1 is 1.19 bits per heavy atom. The lowest BCUT2D eigenvalue weighted by molar-refractivity contribution is -0.125. The summed E-state index contributed by atoms with van der Waals surface area (Å²) in [5.74, 6) is -0.0275. The average Bonchev–Trinajstić information content (AvgIpc) is 2.65. The summed E-state index contributed by atoms with van der Waals surface area (Å²) >= 11 is 6.22. The fraction of sp³-hybridized carbons (Fsp3) is 0.222. The minimum absolute atomic E-state index is 0.0738. The third kappa shape index (κ3) is 3.37. The first-order chi connectivity index (χ1) is 12.8. The minimum Gasteiger partial charge on any atom is -0.324 e. The summed E-state index contributed by atoms with van der Waals surface area (Å²) in [4.78, 5) is 39.7. The van der Waals surface area contributed by atoms with E-state index in [-0.39, 0.29) is 30.1 Å². The molecule has 0 bridgehead atoms. The Morgan fingerprint density at radius 3 is 2.59 bits per heavy atom. The van der Waals surface area contributed by atoms with Crippen molar-refractivity contribution in [3.63, 3.8) is 0 Å². The highest BCUT2D eigenvalue weighted by atomic mass is 35.5. The number of carbonyl (C=O) groups excluding carboxylic acids is 1. The van der Waals surface area contributed by atoms with Crippen LogP contribution in [0, 0.1) is 11.3 Å². The van der Waals surface area contributed by atoms with Gasteiger partial charge in [0.1, 0.15) is 11.0 Å². The van der Waals surface area contributed by atoms with Crippen LogP contribution in [0.3, 0.4) is 0 Å². The van der Waals surface area contributed by atoms with E-state index in [1.54, 1.807) is 31.3 Å². The summed E-state index contributed by atoms with van der Waals surface area (Å²) in [5, 5.41) is 9.42. The highest BCUT2D eigenvalue weighted by Crippen LogP contribution is 2.24. The predicted molar refractivity (Wildman–Crippen MR) is 100 cm³/mol. The maximum Gasteiger partial charge on any atom is 0.332 e. The Labute approximate surface area is 159 Å². The first-order valence-corrected chi connectivity index (χ1v) is 8.40. The zero-order valence-electron chi connectivity index (χ0n) is 14.7. The van der Waals surface area contributed by atoms with Gasteiger partial charge in [0.25, 0.3) is 11.5 Å². The number of hydrogen-bond donors (Lipinski definition) is 0. The molecule has 1 amide bonds. The standard InChI is InChI=1S/C18H16ClN5O3/c1-21-11-24(14(19)7-16(21)25)15-8-17(26)22(2)18(27)23(15)10-13-6-4-3-5-12(13)9-20/h3-8H,10-11H2,1-2H3. The molecule has 2 heterocycles. The van der Waals surface area contributed by atoms with Crippen LogP contribution < -0.4 is 16.1 Å². The lowest BCUT2D eigenvalue weighted by Gasteiger charge is -2.33. The van der Waals surface area contributed by atoms with E-state index < -0.39 is 11.2 Å². The van der Waals surface area contributed by atoms with Gasteiger partial charge in [-0.25, -0.2) is 4.79 Å². The van der Waals surface area contributed by atoms with E-state index in [1.807, 2.05) is 0 Å². The maximum atomic E-state index is 12.8. The van der Waals surface area contributed by atoms with E-state index in [4.69, 9.17) is 11.6 Å². The van der Waals surface area contributed by atoms with Gasteiger partial charge >= 0.3 is 5.69 Å². The molecule has 1 aliphatic heterocycles. The van der Waals surface area contributed by atoms with E-state index in [0.29, 0.717) is 11.1 Å². The Kier molecular flexibility index (Phi) is 4.88. The number of nitriles is 1. The molecule has 0 saturated carbocycles. The van der Waals surface area contributed by atoms with Crippen LogP contribution in [0.5, 0.6) is 0 Å². The van der Waals surface area contributed by atoms with Crippen LogP contribution >= 0.6 is 11.6 Å². The number of hydrogen-bond acceptors (Lipinski definition) is 5. The van der Waals surface area contributed by atoms with Gasteiger partial charge in [0, 0.05) is 26.2 Å². The van der Waals surface area contributed by atoms with Crippen LogP contribution in [0.1, 0.15) is 11.1 Å². The van der Waals surface area contributed by atoms with Gasteiger partial charge in [-0.15, -0.1) is 0 Å². The molecule has 1 aromatic heterocycles. The quantitative estimate of drug-likeness (QED) is 0.728. The molecule has 0 atom stereocenters. The van der Waals surface area contributed by atoms with Gasteiger partial charge in [-0.2, -0.15) is 5.26 Å². The van der Waals surface area contributed by atoms with E-state index in [0.717, 1.165) is 4.57 Å². The summed E-state index contributed by atoms with van der Waals surface area (Å²) in [6, 6.07) is 10.3. The maximum absolute atomic E-state index is 12.8. The van der Waals surface area contributed by atoms with Crippen LogP contribution in [0.25, 0.3) is 0 Å². The molecule has 0 saturated heterocycles. The number of carbonyl (C=O) groups is 1. The lowest BCUT2D eigenvalue weighted by Crippen LogP contribution is -2.46. The van der Waals surface area contributed by atoms with Crippen molar-refractivity contribution in [1.29, 1.82) is 5.26 Å². The van der Waals surface area contributed by atoms with Crippen LogP contribution in [-0.4, -0.2) is 33.7 Å². The fourth-order valence-electron chi connectivity index (χ4n) is 2.79. The van der Waals surface area contributed by atoms with Gasteiger partial charge in [-0.05, 0) is 11.6 Å². The molecule has 3 rings (SSSR count). The van der Waals surface area contributed by atoms with Gasteiger partial charge < -0.3 is 4.90 Å². The van der Waals surface area contributed by atoms with Crippen molar-refractivity contribution >= 4 is 23.3 Å². The van der Waals surface area contributed by atoms with E-state index in [9.17, 15) is 19.6 Å². The molecule has 9 heteroatoms. The van der Waals surface area contributed by atoms with Crippen molar-refractivity contribution in [1.82, 2.24) is 14.0 Å². The fourth-order valence-corrected chi connectivity index (χ4v) is 3.02. The average molecular weight is 386 g/mol. The Balaban J connectivity index is 2.20. The van der Waals surface area contributed by atoms with Crippen molar-refractivity contribution in [2.75, 3.05) is 18.6 Å². The first kappa shape index (κ1) is 18.5. The van der Waals surface area contributed by atoms with Crippen molar-refractivity contribution in [3.8, 4) is 6.07 Å². The summed E-state index contributed by atoms with van der Waals surface area (Å²) in [5.41, 5.74) is 0.0124. The van der Waals surface area contributed by atoms with Crippen LogP contribution in [0.4, 0.5) is 5.82 Å². The van der Waals surface area contributed by atoms with Crippen LogP contribution in [0.15, 0.2) is 51.2 Å². The molecule has 0 fully saturated rings. The van der Waals surface area contributed by atoms with Gasteiger partial charge in [0.15, 0.2) is 0 Å². The van der Waals surface area contributed by atoms with Gasteiger partial charge in [0.2, 0.25) is 0 Å². The Bertz CT molecular complexity index is 1110. The number of likely N-dealkylation sites (N-methyl/N-ethyl adjacent to an activating group) is 1. The summed E-state index contributed by atoms with van der Waals surface area (Å²) < 4.78 is 2.34. The molecule has 138 valence electrons. The molecule has 1 aromatic carbocycles. The van der Waals surface area contributed by atoms with Crippen LogP contribution in [0.2, 0.25) is 0 Å². The third-order valence-electron chi connectivity index (χ3n) is 4.35. The molecular weight excluding hydrogens is 370 g/mol. The highest BCUT2D eigenvalue weighted by molar-refractivity contribution is 6.32. The molecular formula is C18H16ClN5O3. The van der Waals surface area contributed by atoms with Gasteiger partial charge in [-0.1, -0.05) is 29.8 Å². The van der Waals surface area contributed by atoms with Crippen LogP contribution in [-0.2, 0) is 18.4 Å². The van der Waals surface area contributed by atoms with E-state index in [2.05, 4.69) is 6.07 Å². The molecule has 0 radical (unpaired) electrons. The predicted octanol–water partition coefficient (Wildman–Crippen LogP) is 0.783. The second-order valence-electron chi connectivity index (χ2n) is 6.11. The monoisotopic (exact) mass is 385 g/mol. The summed E-state index contributed by atoms with van der Waals surface area (Å²) in [7, 11) is 2.97. The minimum atomic E-state index is -0.547. The SMILES string of the molecule is CN1CN(c2cc(=O)n(C)c(=O)n2Cc2ccccc2C#N)C(Cl)=CC1=O. The number of amides is 1. The number of halogens is 1. The van der Waals surface area contributed by atoms with Crippen molar-refractivity contribution < 1.29 is 4.79 Å². The van der Waals surface area contributed by atoms with Gasteiger partial charge in [-0.3, -0.25) is 23.6 Å². The molecule has 1 aliphatic rings. The van der Waals surface area contributed by atoms with Crippen molar-refractivity contribution in [2.45, 2.75) is 6.54 Å². The number of benzene rings is 1. The van der Waals surface area contributed by atoms with Crippen molar-refractivity contribution in [2.24, 2.45) is 7.05 Å². The lowest BCUT2D eigenvalue weighted by atomic mass is 10.1. The number of anilines is 1.